The molecule has 4 aromatic rings. The van der Waals surface area contributed by atoms with Crippen molar-refractivity contribution in [1.29, 1.82) is 0 Å². The summed E-state index contributed by atoms with van der Waals surface area (Å²) in [5.41, 5.74) is 13.1. The molecule has 0 saturated heterocycles. The molecule has 0 saturated carbocycles. The first-order chi connectivity index (χ1) is 16.7. The third-order valence-corrected chi connectivity index (χ3v) is 13.7. The van der Waals surface area contributed by atoms with E-state index in [0.29, 0.717) is 11.1 Å². The molecule has 0 N–H and O–H groups in total. The van der Waals surface area contributed by atoms with Crippen molar-refractivity contribution in [3.05, 3.63) is 132 Å². The van der Waals surface area contributed by atoms with Crippen LogP contribution in [0.2, 0.25) is 12.6 Å². The van der Waals surface area contributed by atoms with Gasteiger partial charge in [0.15, 0.2) is 0 Å². The molecule has 0 amide bonds. The predicted octanol–water partition coefficient (Wildman–Crippen LogP) is 9.97. The molecule has 0 aliphatic heterocycles. The molecule has 188 valence electrons. The van der Waals surface area contributed by atoms with Crippen LogP contribution in [0.25, 0.3) is 22.3 Å². The Labute approximate surface area is 254 Å². The Bertz CT molecular complexity index is 1200. The van der Waals surface area contributed by atoms with Crippen molar-refractivity contribution in [2.24, 2.45) is 0 Å². The Morgan fingerprint density at radius 3 is 1.24 bits per heavy atom. The van der Waals surface area contributed by atoms with E-state index >= 15 is 0 Å². The predicted molar refractivity (Wildman–Crippen MR) is 162 cm³/mol. The second-order valence-corrected chi connectivity index (χ2v) is 14.9. The molecule has 4 aromatic carbocycles. The Balaban J connectivity index is 0.00000127. The molecule has 37 heavy (non-hydrogen) atoms. The fraction of sp³-hybridized carbons (Fsp3) is 0.212. The average molecular weight is 621 g/mol. The SMILES string of the molecule is C=CCCCC[Si](C)(C1c2ccccc2-c2ccccc21)C1c2ccccc2-c2ccccc21.Cl.Cl.[Zr]. The van der Waals surface area contributed by atoms with E-state index in [1.807, 2.05) is 0 Å². The van der Waals surface area contributed by atoms with Crippen LogP contribution in [-0.2, 0) is 26.2 Å². The van der Waals surface area contributed by atoms with Gasteiger partial charge in [-0.05, 0) is 50.9 Å². The molecular weight excluding hydrogens is 587 g/mol. The Hall–Kier alpha value is -1.70. The van der Waals surface area contributed by atoms with E-state index in [1.165, 1.54) is 41.1 Å². The smallest absolute Gasteiger partial charge is 0.0761 e. The normalized spacial score (nSPS) is 13.2. The molecule has 0 atom stereocenters. The van der Waals surface area contributed by atoms with E-state index in [-0.39, 0.29) is 51.0 Å². The summed E-state index contributed by atoms with van der Waals surface area (Å²) in [7, 11) is -1.97. The molecular formula is C33H34Cl2SiZr. The van der Waals surface area contributed by atoms with Gasteiger partial charge >= 0.3 is 0 Å². The zero-order valence-corrected chi connectivity index (χ0v) is 26.4. The maximum absolute atomic E-state index is 3.98. The summed E-state index contributed by atoms with van der Waals surface area (Å²) >= 11 is 0. The van der Waals surface area contributed by atoms with Crippen LogP contribution in [-0.4, -0.2) is 8.07 Å². The summed E-state index contributed by atoms with van der Waals surface area (Å²) < 4.78 is 0. The molecule has 0 nitrogen and oxygen atoms in total. The van der Waals surface area contributed by atoms with Crippen molar-refractivity contribution in [3.63, 3.8) is 0 Å². The van der Waals surface area contributed by atoms with E-state index in [2.05, 4.69) is 116 Å². The van der Waals surface area contributed by atoms with Gasteiger partial charge in [-0.3, -0.25) is 0 Å². The van der Waals surface area contributed by atoms with Crippen molar-refractivity contribution in [2.45, 2.75) is 42.9 Å². The van der Waals surface area contributed by atoms with Gasteiger partial charge in [0.25, 0.3) is 0 Å². The number of rotatable bonds is 7. The first-order valence-corrected chi connectivity index (χ1v) is 15.6. The molecule has 0 bridgehead atoms. The number of unbranched alkanes of at least 4 members (excludes halogenated alkanes) is 2. The van der Waals surface area contributed by atoms with Crippen LogP contribution in [0.3, 0.4) is 0 Å². The molecule has 6 rings (SSSR count). The Kier molecular flexibility index (Phi) is 10.0. The zero-order chi connectivity index (χ0) is 23.1. The molecule has 0 aromatic heterocycles. The standard InChI is InChI=1S/C33H32Si.2ClH.Zr/c1-3-4-5-14-23-34(2,32-28-19-10-6-15-24(28)25-16-7-11-20-29(25)32)33-30-21-12-8-17-26(30)27-18-9-13-22-31(27)33;;;/h3,6-13,15-22,32-33H,1,4-5,14,23H2,2H3;2*1H;. The first-order valence-electron chi connectivity index (χ1n) is 12.7. The van der Waals surface area contributed by atoms with Crippen LogP contribution < -0.4 is 0 Å². The first kappa shape index (κ1) is 29.9. The number of hydrogen-bond donors (Lipinski definition) is 0. The van der Waals surface area contributed by atoms with Crippen molar-refractivity contribution in [2.75, 3.05) is 0 Å². The van der Waals surface area contributed by atoms with Gasteiger partial charge < -0.3 is 0 Å². The number of allylic oxidation sites excluding steroid dienone is 1. The molecule has 2 aliphatic carbocycles. The summed E-state index contributed by atoms with van der Waals surface area (Å²) in [5.74, 6) is 0. The third-order valence-electron chi connectivity index (χ3n) is 8.36. The van der Waals surface area contributed by atoms with Crippen LogP contribution >= 0.6 is 24.8 Å². The molecule has 2 aliphatic rings. The fourth-order valence-corrected chi connectivity index (χ4v) is 12.8. The number of halogens is 2. The molecule has 0 heterocycles. The van der Waals surface area contributed by atoms with Crippen LogP contribution in [0.4, 0.5) is 0 Å². The summed E-state index contributed by atoms with van der Waals surface area (Å²) in [4.78, 5) is 0. The average Bonchev–Trinajstić information content (AvgIpc) is 3.41. The molecule has 0 unspecified atom stereocenters. The van der Waals surface area contributed by atoms with Crippen LogP contribution in [0, 0.1) is 0 Å². The summed E-state index contributed by atoms with van der Waals surface area (Å²) in [6.45, 7) is 6.70. The van der Waals surface area contributed by atoms with Gasteiger partial charge in [0.2, 0.25) is 0 Å². The summed E-state index contributed by atoms with van der Waals surface area (Å²) in [5, 5.41) is 0. The van der Waals surface area contributed by atoms with E-state index < -0.39 is 8.07 Å². The van der Waals surface area contributed by atoms with Crippen LogP contribution in [0.1, 0.15) is 52.6 Å². The Morgan fingerprint density at radius 2 is 0.919 bits per heavy atom. The fourth-order valence-electron chi connectivity index (χ4n) is 6.98. The van der Waals surface area contributed by atoms with Gasteiger partial charge in [-0.1, -0.05) is 129 Å². The van der Waals surface area contributed by atoms with Gasteiger partial charge in [-0.25, -0.2) is 0 Å². The second-order valence-electron chi connectivity index (χ2n) is 10.3. The maximum atomic E-state index is 3.98. The van der Waals surface area contributed by atoms with E-state index in [1.54, 1.807) is 22.3 Å². The monoisotopic (exact) mass is 618 g/mol. The number of fused-ring (bicyclic) bond motifs is 6. The molecule has 0 radical (unpaired) electrons. The quantitative estimate of drug-likeness (QED) is 0.110. The van der Waals surface area contributed by atoms with Crippen molar-refractivity contribution < 1.29 is 26.2 Å². The van der Waals surface area contributed by atoms with Crippen molar-refractivity contribution >= 4 is 32.9 Å². The number of hydrogen-bond acceptors (Lipinski definition) is 0. The maximum Gasteiger partial charge on any atom is 0.0761 e. The van der Waals surface area contributed by atoms with E-state index in [0.717, 1.165) is 6.42 Å². The minimum absolute atomic E-state index is 0. The van der Waals surface area contributed by atoms with Crippen LogP contribution in [0.5, 0.6) is 0 Å². The molecule has 0 fully saturated rings. The Morgan fingerprint density at radius 1 is 0.595 bits per heavy atom. The van der Waals surface area contributed by atoms with Gasteiger partial charge in [0.1, 0.15) is 0 Å². The zero-order valence-electron chi connectivity index (χ0n) is 21.3. The molecule has 4 heteroatoms. The van der Waals surface area contributed by atoms with E-state index in [9.17, 15) is 0 Å². The minimum Gasteiger partial charge on any atom is -0.147 e. The van der Waals surface area contributed by atoms with E-state index in [4.69, 9.17) is 0 Å². The van der Waals surface area contributed by atoms with Gasteiger partial charge in [-0.15, -0.1) is 31.4 Å². The largest absolute Gasteiger partial charge is 0.147 e. The summed E-state index contributed by atoms with van der Waals surface area (Å²) in [6.07, 6.45) is 5.70. The summed E-state index contributed by atoms with van der Waals surface area (Å²) in [6, 6.07) is 38.2. The van der Waals surface area contributed by atoms with Gasteiger partial charge in [0.05, 0.1) is 8.07 Å². The third kappa shape index (κ3) is 4.92. The van der Waals surface area contributed by atoms with Crippen LogP contribution in [0.15, 0.2) is 110 Å². The minimum atomic E-state index is -1.97. The van der Waals surface area contributed by atoms with Gasteiger partial charge in [-0.2, -0.15) is 0 Å². The van der Waals surface area contributed by atoms with Crippen molar-refractivity contribution in [3.8, 4) is 22.3 Å². The van der Waals surface area contributed by atoms with Gasteiger partial charge in [0, 0.05) is 37.3 Å². The molecule has 0 spiro atoms. The van der Waals surface area contributed by atoms with Crippen molar-refractivity contribution in [1.82, 2.24) is 0 Å². The topological polar surface area (TPSA) is 0 Å². The second kappa shape index (κ2) is 12.4. The number of benzene rings is 4.